The second-order valence-corrected chi connectivity index (χ2v) is 4.67. The highest BCUT2D eigenvalue weighted by Crippen LogP contribution is 2.30. The number of aliphatic imine (C=N–C) groups is 1. The van der Waals surface area contributed by atoms with Gasteiger partial charge < -0.3 is 15.3 Å². The van der Waals surface area contributed by atoms with Crippen LogP contribution in [0.15, 0.2) is 16.3 Å². The highest BCUT2D eigenvalue weighted by molar-refractivity contribution is 5.83. The summed E-state index contributed by atoms with van der Waals surface area (Å²) in [6.07, 6.45) is 1.06. The van der Waals surface area contributed by atoms with Gasteiger partial charge >= 0.3 is 0 Å². The first-order valence-electron chi connectivity index (χ1n) is 5.99. The summed E-state index contributed by atoms with van der Waals surface area (Å²) in [4.78, 5) is 6.94. The van der Waals surface area contributed by atoms with Crippen molar-refractivity contribution in [3.8, 4) is 0 Å². The van der Waals surface area contributed by atoms with Crippen LogP contribution in [-0.4, -0.2) is 47.6 Å². The fourth-order valence-corrected chi connectivity index (χ4v) is 2.53. The fraction of sp³-hybridized carbons (Fsp3) is 0.750. The number of aliphatic hydroxyl groups excluding tert-OH is 1. The molecule has 1 fully saturated rings. The lowest BCUT2D eigenvalue weighted by atomic mass is 10.0. The van der Waals surface area contributed by atoms with Crippen molar-refractivity contribution in [1.82, 2.24) is 10.2 Å². The summed E-state index contributed by atoms with van der Waals surface area (Å²) in [6, 6.07) is 0.774. The Morgan fingerprint density at radius 3 is 2.94 bits per heavy atom. The molecule has 0 amide bonds. The first kappa shape index (κ1) is 11.6. The SMILES string of the molecule is CC1=NC(C)C(C)=C2CC(NCCO)CN12. The van der Waals surface area contributed by atoms with Crippen LogP contribution in [-0.2, 0) is 0 Å². The summed E-state index contributed by atoms with van der Waals surface area (Å²) >= 11 is 0. The van der Waals surface area contributed by atoms with Crippen molar-refractivity contribution in [3.05, 3.63) is 11.3 Å². The van der Waals surface area contributed by atoms with E-state index in [1.165, 1.54) is 11.3 Å². The molecule has 90 valence electrons. The highest BCUT2D eigenvalue weighted by atomic mass is 16.3. The van der Waals surface area contributed by atoms with Crippen molar-refractivity contribution < 1.29 is 5.11 Å². The summed E-state index contributed by atoms with van der Waals surface area (Å²) in [5, 5.41) is 12.2. The summed E-state index contributed by atoms with van der Waals surface area (Å²) in [6.45, 7) is 8.27. The van der Waals surface area contributed by atoms with Crippen LogP contribution < -0.4 is 5.32 Å². The molecule has 0 aliphatic carbocycles. The lowest BCUT2D eigenvalue weighted by molar-refractivity contribution is 0.284. The molecule has 2 aliphatic heterocycles. The van der Waals surface area contributed by atoms with Gasteiger partial charge in [0.25, 0.3) is 0 Å². The molecule has 0 spiro atoms. The summed E-state index contributed by atoms with van der Waals surface area (Å²) in [5.74, 6) is 1.13. The number of hydrogen-bond acceptors (Lipinski definition) is 4. The third-order valence-corrected chi connectivity index (χ3v) is 3.57. The molecular weight excluding hydrogens is 202 g/mol. The molecule has 2 atom stereocenters. The molecule has 1 saturated heterocycles. The van der Waals surface area contributed by atoms with Gasteiger partial charge in [-0.15, -0.1) is 0 Å². The highest BCUT2D eigenvalue weighted by Gasteiger charge is 2.32. The van der Waals surface area contributed by atoms with Gasteiger partial charge in [0, 0.05) is 31.2 Å². The molecular formula is C12H21N3O. The van der Waals surface area contributed by atoms with Gasteiger partial charge in [-0.1, -0.05) is 0 Å². The maximum Gasteiger partial charge on any atom is 0.101 e. The summed E-state index contributed by atoms with van der Waals surface area (Å²) in [5.41, 5.74) is 2.81. The molecule has 16 heavy (non-hydrogen) atoms. The minimum Gasteiger partial charge on any atom is -0.395 e. The average molecular weight is 223 g/mol. The zero-order valence-electron chi connectivity index (χ0n) is 10.3. The van der Waals surface area contributed by atoms with E-state index >= 15 is 0 Å². The van der Waals surface area contributed by atoms with E-state index < -0.39 is 0 Å². The lowest BCUT2D eigenvalue weighted by Crippen LogP contribution is -2.36. The Morgan fingerprint density at radius 2 is 2.25 bits per heavy atom. The van der Waals surface area contributed by atoms with Gasteiger partial charge in [0.05, 0.1) is 12.6 Å². The standard InChI is InChI=1S/C12H21N3O/c1-8-9(2)14-10(3)15-7-11(6-12(8)15)13-4-5-16/h9,11,13,16H,4-7H2,1-3H3. The van der Waals surface area contributed by atoms with E-state index in [0.717, 1.165) is 18.8 Å². The molecule has 2 aliphatic rings. The zero-order valence-corrected chi connectivity index (χ0v) is 10.3. The molecule has 0 radical (unpaired) electrons. The van der Waals surface area contributed by atoms with Gasteiger partial charge in [0.2, 0.25) is 0 Å². The van der Waals surface area contributed by atoms with Crippen molar-refractivity contribution >= 4 is 5.84 Å². The van der Waals surface area contributed by atoms with Crippen molar-refractivity contribution in [2.24, 2.45) is 4.99 Å². The molecule has 0 aromatic rings. The molecule has 0 aromatic heterocycles. The third kappa shape index (κ3) is 1.99. The van der Waals surface area contributed by atoms with Crippen LogP contribution in [0.2, 0.25) is 0 Å². The van der Waals surface area contributed by atoms with Gasteiger partial charge in [-0.05, 0) is 26.3 Å². The van der Waals surface area contributed by atoms with Crippen molar-refractivity contribution in [2.75, 3.05) is 19.7 Å². The van der Waals surface area contributed by atoms with Crippen LogP contribution in [0, 0.1) is 0 Å². The molecule has 0 bridgehead atoms. The van der Waals surface area contributed by atoms with Crippen molar-refractivity contribution in [3.63, 3.8) is 0 Å². The number of fused-ring (bicyclic) bond motifs is 1. The second kappa shape index (κ2) is 4.55. The Morgan fingerprint density at radius 1 is 1.50 bits per heavy atom. The molecule has 4 heteroatoms. The number of nitrogens with zero attached hydrogens (tertiary/aromatic N) is 2. The first-order chi connectivity index (χ1) is 7.63. The molecule has 2 N–H and O–H groups in total. The van der Waals surface area contributed by atoms with Gasteiger partial charge in [0.15, 0.2) is 0 Å². The Balaban J connectivity index is 2.11. The van der Waals surface area contributed by atoms with Crippen molar-refractivity contribution in [1.29, 1.82) is 0 Å². The molecule has 2 rings (SSSR count). The van der Waals surface area contributed by atoms with Crippen molar-refractivity contribution in [2.45, 2.75) is 39.3 Å². The normalized spacial score (nSPS) is 29.5. The predicted molar refractivity (Wildman–Crippen MR) is 65.5 cm³/mol. The van der Waals surface area contributed by atoms with Crippen LogP contribution in [0.3, 0.4) is 0 Å². The minimum absolute atomic E-state index is 0.206. The average Bonchev–Trinajstić information content (AvgIpc) is 2.68. The monoisotopic (exact) mass is 223 g/mol. The van der Waals surface area contributed by atoms with E-state index in [4.69, 9.17) is 5.11 Å². The largest absolute Gasteiger partial charge is 0.395 e. The van der Waals surface area contributed by atoms with E-state index in [1.807, 2.05) is 0 Å². The van der Waals surface area contributed by atoms with E-state index in [-0.39, 0.29) is 6.61 Å². The Kier molecular flexibility index (Phi) is 3.30. The third-order valence-electron chi connectivity index (χ3n) is 3.57. The van der Waals surface area contributed by atoms with Crippen LogP contribution in [0.5, 0.6) is 0 Å². The maximum atomic E-state index is 8.82. The van der Waals surface area contributed by atoms with E-state index in [2.05, 4.69) is 36.0 Å². The predicted octanol–water partition coefficient (Wildman–Crippen LogP) is 0.737. The molecule has 0 saturated carbocycles. The number of nitrogens with one attached hydrogen (secondary N) is 1. The molecule has 2 heterocycles. The van der Waals surface area contributed by atoms with Crippen LogP contribution in [0.1, 0.15) is 27.2 Å². The van der Waals surface area contributed by atoms with Gasteiger partial charge in [-0.3, -0.25) is 4.99 Å². The fourth-order valence-electron chi connectivity index (χ4n) is 2.53. The van der Waals surface area contributed by atoms with E-state index in [0.29, 0.717) is 18.6 Å². The van der Waals surface area contributed by atoms with Gasteiger partial charge in [0.1, 0.15) is 5.84 Å². The molecule has 2 unspecified atom stereocenters. The molecule has 4 nitrogen and oxygen atoms in total. The lowest BCUT2D eigenvalue weighted by Gasteiger charge is -2.28. The van der Waals surface area contributed by atoms with E-state index in [9.17, 15) is 0 Å². The summed E-state index contributed by atoms with van der Waals surface area (Å²) < 4.78 is 0. The minimum atomic E-state index is 0.206. The Hall–Kier alpha value is -0.870. The first-order valence-corrected chi connectivity index (χ1v) is 5.99. The number of rotatable bonds is 3. The van der Waals surface area contributed by atoms with Crippen LogP contribution in [0.4, 0.5) is 0 Å². The number of hydrogen-bond donors (Lipinski definition) is 2. The maximum absolute atomic E-state index is 8.82. The van der Waals surface area contributed by atoms with Crippen LogP contribution in [0.25, 0.3) is 0 Å². The topological polar surface area (TPSA) is 47.9 Å². The van der Waals surface area contributed by atoms with Gasteiger partial charge in [-0.25, -0.2) is 0 Å². The number of aliphatic hydroxyl groups is 1. The summed E-state index contributed by atoms with van der Waals surface area (Å²) in [7, 11) is 0. The zero-order chi connectivity index (χ0) is 11.7. The second-order valence-electron chi connectivity index (χ2n) is 4.67. The smallest absolute Gasteiger partial charge is 0.101 e. The Bertz CT molecular complexity index is 335. The quantitative estimate of drug-likeness (QED) is 0.742. The molecule has 0 aromatic carbocycles. The van der Waals surface area contributed by atoms with Crippen LogP contribution >= 0.6 is 0 Å². The Labute approximate surface area is 97.1 Å². The van der Waals surface area contributed by atoms with E-state index in [1.54, 1.807) is 0 Å². The van der Waals surface area contributed by atoms with Gasteiger partial charge in [-0.2, -0.15) is 0 Å². The number of amidine groups is 1.